The zero-order chi connectivity index (χ0) is 7.61. The predicted molar refractivity (Wildman–Crippen MR) is 39.4 cm³/mol. The standard InChI is InChI=1S/C7H11N2O/c1-7(8)3-5-9(10-2)6-4-7/h3-6H,1,8H2,2H3. The van der Waals surface area contributed by atoms with E-state index in [4.69, 9.17) is 10.6 Å². The highest BCUT2D eigenvalue weighted by Crippen LogP contribution is 2.10. The lowest BCUT2D eigenvalue weighted by molar-refractivity contribution is -0.0459. The van der Waals surface area contributed by atoms with Gasteiger partial charge in [-0.05, 0) is 19.1 Å². The monoisotopic (exact) mass is 139 g/mol. The molecule has 0 bridgehead atoms. The van der Waals surface area contributed by atoms with Gasteiger partial charge in [-0.1, -0.05) is 0 Å². The van der Waals surface area contributed by atoms with Gasteiger partial charge in [-0.25, -0.2) is 5.06 Å². The highest BCUT2D eigenvalue weighted by Gasteiger charge is 2.13. The Morgan fingerprint density at radius 1 is 1.50 bits per heavy atom. The highest BCUT2D eigenvalue weighted by atomic mass is 16.7. The molecule has 1 aliphatic heterocycles. The van der Waals surface area contributed by atoms with Crippen LogP contribution >= 0.6 is 0 Å². The Morgan fingerprint density at radius 3 is 2.40 bits per heavy atom. The van der Waals surface area contributed by atoms with E-state index in [2.05, 4.69) is 6.92 Å². The number of hydroxylamine groups is 2. The van der Waals surface area contributed by atoms with Crippen molar-refractivity contribution in [2.24, 2.45) is 5.73 Å². The topological polar surface area (TPSA) is 38.5 Å². The molecule has 10 heavy (non-hydrogen) atoms. The predicted octanol–water partition coefficient (Wildman–Crippen LogP) is 0.422. The Balaban J connectivity index is 2.62. The maximum Gasteiger partial charge on any atom is 0.0643 e. The molecule has 0 fully saturated rings. The van der Waals surface area contributed by atoms with Crippen molar-refractivity contribution in [2.75, 3.05) is 7.11 Å². The number of hydrogen-bond donors (Lipinski definition) is 1. The summed E-state index contributed by atoms with van der Waals surface area (Å²) >= 11 is 0. The molecule has 1 rings (SSSR count). The summed E-state index contributed by atoms with van der Waals surface area (Å²) < 4.78 is 0. The fourth-order valence-electron chi connectivity index (χ4n) is 0.651. The van der Waals surface area contributed by atoms with Crippen LogP contribution in [0.15, 0.2) is 24.6 Å². The van der Waals surface area contributed by atoms with Crippen LogP contribution in [-0.4, -0.2) is 17.7 Å². The Morgan fingerprint density at radius 2 is 2.00 bits per heavy atom. The van der Waals surface area contributed by atoms with Gasteiger partial charge < -0.3 is 5.73 Å². The SMILES string of the molecule is [CH2]C1(N)C=CN(OC)C=C1. The second kappa shape index (κ2) is 2.44. The van der Waals surface area contributed by atoms with Gasteiger partial charge in [0.1, 0.15) is 0 Å². The normalized spacial score (nSPS) is 21.7. The first-order chi connectivity index (χ1) is 4.64. The van der Waals surface area contributed by atoms with Crippen molar-refractivity contribution in [1.82, 2.24) is 5.06 Å². The van der Waals surface area contributed by atoms with Gasteiger partial charge >= 0.3 is 0 Å². The molecule has 0 saturated carbocycles. The van der Waals surface area contributed by atoms with Gasteiger partial charge in [0.2, 0.25) is 0 Å². The molecule has 1 radical (unpaired) electrons. The van der Waals surface area contributed by atoms with Gasteiger partial charge in [0.25, 0.3) is 0 Å². The van der Waals surface area contributed by atoms with Gasteiger partial charge in [0.15, 0.2) is 0 Å². The number of nitrogens with two attached hydrogens (primary N) is 1. The Kier molecular flexibility index (Phi) is 1.78. The highest BCUT2D eigenvalue weighted by molar-refractivity contribution is 5.22. The molecule has 3 heteroatoms. The van der Waals surface area contributed by atoms with E-state index in [1.165, 1.54) is 0 Å². The van der Waals surface area contributed by atoms with Crippen LogP contribution in [0.1, 0.15) is 0 Å². The maximum absolute atomic E-state index is 5.63. The summed E-state index contributed by atoms with van der Waals surface area (Å²) in [4.78, 5) is 4.86. The van der Waals surface area contributed by atoms with Crippen molar-refractivity contribution in [3.8, 4) is 0 Å². The van der Waals surface area contributed by atoms with Crippen molar-refractivity contribution in [3.63, 3.8) is 0 Å². The molecule has 0 atom stereocenters. The smallest absolute Gasteiger partial charge is 0.0643 e. The molecule has 0 unspecified atom stereocenters. The Bertz CT molecular complexity index is 156. The fourth-order valence-corrected chi connectivity index (χ4v) is 0.651. The summed E-state index contributed by atoms with van der Waals surface area (Å²) in [5.41, 5.74) is 5.05. The first kappa shape index (κ1) is 7.31. The fraction of sp³-hybridized carbons (Fsp3) is 0.286. The molecule has 3 nitrogen and oxygen atoms in total. The minimum atomic E-state index is -0.574. The third kappa shape index (κ3) is 1.59. The largest absolute Gasteiger partial charge is 0.319 e. The van der Waals surface area contributed by atoms with Crippen LogP contribution in [0.4, 0.5) is 0 Å². The molecular formula is C7H11N2O. The van der Waals surface area contributed by atoms with Gasteiger partial charge in [-0.2, -0.15) is 0 Å². The quantitative estimate of drug-likeness (QED) is 0.572. The summed E-state index contributed by atoms with van der Waals surface area (Å²) in [7, 11) is 1.58. The van der Waals surface area contributed by atoms with E-state index in [1.54, 1.807) is 36.7 Å². The van der Waals surface area contributed by atoms with Crippen LogP contribution in [0.3, 0.4) is 0 Å². The van der Waals surface area contributed by atoms with Gasteiger partial charge in [0.05, 0.1) is 12.6 Å². The zero-order valence-electron chi connectivity index (χ0n) is 5.95. The molecule has 0 aliphatic carbocycles. The summed E-state index contributed by atoms with van der Waals surface area (Å²) in [6, 6.07) is 0. The molecule has 0 aromatic heterocycles. The van der Waals surface area contributed by atoms with Crippen LogP contribution in [0.25, 0.3) is 0 Å². The molecule has 1 heterocycles. The summed E-state index contributed by atoms with van der Waals surface area (Å²) in [5.74, 6) is 0. The van der Waals surface area contributed by atoms with Crippen LogP contribution < -0.4 is 5.73 Å². The van der Waals surface area contributed by atoms with Crippen LogP contribution in [-0.2, 0) is 4.84 Å². The lowest BCUT2D eigenvalue weighted by Crippen LogP contribution is -2.34. The van der Waals surface area contributed by atoms with E-state index in [0.717, 1.165) is 0 Å². The van der Waals surface area contributed by atoms with Crippen molar-refractivity contribution in [2.45, 2.75) is 5.54 Å². The minimum absolute atomic E-state index is 0.574. The molecule has 55 valence electrons. The first-order valence-electron chi connectivity index (χ1n) is 2.99. The molecule has 0 saturated heterocycles. The summed E-state index contributed by atoms with van der Waals surface area (Å²) in [5, 5.41) is 1.55. The van der Waals surface area contributed by atoms with E-state index >= 15 is 0 Å². The molecule has 0 aromatic carbocycles. The average Bonchev–Trinajstić information content (AvgIpc) is 1.88. The first-order valence-corrected chi connectivity index (χ1v) is 2.99. The molecule has 0 amide bonds. The van der Waals surface area contributed by atoms with Gasteiger partial charge in [-0.3, -0.25) is 4.84 Å². The summed E-state index contributed by atoms with van der Waals surface area (Å²) in [6.07, 6.45) is 6.98. The molecule has 0 spiro atoms. The number of hydrogen-bond acceptors (Lipinski definition) is 3. The Labute approximate surface area is 60.7 Å². The second-order valence-corrected chi connectivity index (χ2v) is 2.29. The number of nitrogens with zero attached hydrogens (tertiary/aromatic N) is 1. The Hall–Kier alpha value is -0.800. The van der Waals surface area contributed by atoms with Crippen LogP contribution in [0, 0.1) is 6.92 Å². The summed E-state index contributed by atoms with van der Waals surface area (Å²) in [6.45, 7) is 3.72. The minimum Gasteiger partial charge on any atom is -0.319 e. The molecule has 1 aliphatic rings. The molecule has 0 aromatic rings. The van der Waals surface area contributed by atoms with Gasteiger partial charge in [0, 0.05) is 12.4 Å². The van der Waals surface area contributed by atoms with Crippen molar-refractivity contribution in [1.29, 1.82) is 0 Å². The van der Waals surface area contributed by atoms with Gasteiger partial charge in [-0.15, -0.1) is 0 Å². The van der Waals surface area contributed by atoms with Crippen LogP contribution in [0.5, 0.6) is 0 Å². The lowest BCUT2D eigenvalue weighted by Gasteiger charge is -2.23. The van der Waals surface area contributed by atoms with E-state index in [1.807, 2.05) is 0 Å². The van der Waals surface area contributed by atoms with Crippen LogP contribution in [0.2, 0.25) is 0 Å². The van der Waals surface area contributed by atoms with Crippen molar-refractivity contribution < 1.29 is 4.84 Å². The van der Waals surface area contributed by atoms with E-state index in [9.17, 15) is 0 Å². The third-order valence-electron chi connectivity index (χ3n) is 1.27. The van der Waals surface area contributed by atoms with E-state index in [0.29, 0.717) is 0 Å². The van der Waals surface area contributed by atoms with E-state index < -0.39 is 5.54 Å². The molecular weight excluding hydrogens is 128 g/mol. The zero-order valence-corrected chi connectivity index (χ0v) is 5.95. The lowest BCUT2D eigenvalue weighted by atomic mass is 10.0. The average molecular weight is 139 g/mol. The third-order valence-corrected chi connectivity index (χ3v) is 1.27. The number of rotatable bonds is 1. The molecule has 2 N–H and O–H groups in total. The van der Waals surface area contributed by atoms with E-state index in [-0.39, 0.29) is 0 Å². The second-order valence-electron chi connectivity index (χ2n) is 2.29. The van der Waals surface area contributed by atoms with Crippen molar-refractivity contribution in [3.05, 3.63) is 31.5 Å². The maximum atomic E-state index is 5.63. The van der Waals surface area contributed by atoms with Crippen molar-refractivity contribution >= 4 is 0 Å².